The van der Waals surface area contributed by atoms with Crippen molar-refractivity contribution in [3.8, 4) is 0 Å². The van der Waals surface area contributed by atoms with Gasteiger partial charge in [0.25, 0.3) is 0 Å². The third-order valence-electron chi connectivity index (χ3n) is 5.22. The van der Waals surface area contributed by atoms with Crippen LogP contribution in [0.5, 0.6) is 0 Å². The van der Waals surface area contributed by atoms with Gasteiger partial charge in [-0.25, -0.2) is 13.2 Å². The van der Waals surface area contributed by atoms with Crippen LogP contribution in [0.15, 0.2) is 53.6 Å². The maximum atomic E-state index is 13.3. The van der Waals surface area contributed by atoms with E-state index in [0.29, 0.717) is 5.65 Å². The molecule has 0 spiro atoms. The van der Waals surface area contributed by atoms with E-state index >= 15 is 0 Å². The quantitative estimate of drug-likeness (QED) is 0.429. The first-order valence-electron chi connectivity index (χ1n) is 11.6. The Morgan fingerprint density at radius 1 is 1.03 bits per heavy atom. The molecule has 0 aliphatic heterocycles. The number of fused-ring (bicyclic) bond motifs is 1. The van der Waals surface area contributed by atoms with E-state index < -0.39 is 39.0 Å². The number of nitrogens with one attached hydrogen (secondary N) is 2. The smallest absolute Gasteiger partial charge is 0.408 e. The molecule has 1 atom stereocenters. The van der Waals surface area contributed by atoms with Crippen molar-refractivity contribution in [2.45, 2.75) is 63.3 Å². The van der Waals surface area contributed by atoms with Crippen LogP contribution in [0.2, 0.25) is 0 Å². The summed E-state index contributed by atoms with van der Waals surface area (Å²) in [5, 5.41) is 13.7. The van der Waals surface area contributed by atoms with Gasteiger partial charge in [-0.15, -0.1) is 10.2 Å². The van der Waals surface area contributed by atoms with Gasteiger partial charge in [0.15, 0.2) is 21.3 Å². The molecule has 0 unspecified atom stereocenters. The highest BCUT2D eigenvalue weighted by atomic mass is 32.2. The second-order valence-corrected chi connectivity index (χ2v) is 12.2. The fourth-order valence-corrected chi connectivity index (χ4v) is 3.96. The number of hydrogen-bond acceptors (Lipinski definition) is 8. The second kappa shape index (κ2) is 10.9. The van der Waals surface area contributed by atoms with Crippen molar-refractivity contribution < 1.29 is 27.5 Å². The lowest BCUT2D eigenvalue weighted by Gasteiger charge is -2.29. The van der Waals surface area contributed by atoms with E-state index in [-0.39, 0.29) is 23.9 Å². The second-order valence-electron chi connectivity index (χ2n) is 10.2. The normalized spacial score (nSPS) is 13.2. The van der Waals surface area contributed by atoms with Gasteiger partial charge in [0, 0.05) is 12.5 Å². The number of alkyl carbamates (subject to hydrolysis) is 1. The van der Waals surface area contributed by atoms with Crippen LogP contribution in [0.3, 0.4) is 0 Å². The molecular weight excluding hydrogens is 498 g/mol. The number of amides is 2. The predicted octanol–water partition coefficient (Wildman–Crippen LogP) is 2.81. The molecule has 2 N–H and O–H groups in total. The van der Waals surface area contributed by atoms with Crippen molar-refractivity contribution in [3.05, 3.63) is 60.0 Å². The lowest BCUT2D eigenvalue weighted by atomic mass is 10.0. The molecule has 3 aromatic rings. The molecule has 0 bridgehead atoms. The number of pyridine rings is 1. The Hall–Kier alpha value is -3.51. The van der Waals surface area contributed by atoms with Crippen LogP contribution in [-0.2, 0) is 30.7 Å². The summed E-state index contributed by atoms with van der Waals surface area (Å²) in [4.78, 5) is 25.7. The molecule has 1 aromatic carbocycles. The fourth-order valence-electron chi connectivity index (χ4n) is 3.35. The molecule has 3 rings (SSSR count). The minimum Gasteiger partial charge on any atom is -0.444 e. The number of carbonyl (C=O) groups excluding carboxylic acids is 2. The summed E-state index contributed by atoms with van der Waals surface area (Å²) in [6.45, 7) is 8.53. The maximum Gasteiger partial charge on any atom is 0.408 e. The van der Waals surface area contributed by atoms with E-state index in [0.717, 1.165) is 11.8 Å². The summed E-state index contributed by atoms with van der Waals surface area (Å²) < 4.78 is 36.9. The molecule has 12 heteroatoms. The Morgan fingerprint density at radius 3 is 2.32 bits per heavy atom. The lowest BCUT2D eigenvalue weighted by Crippen LogP contribution is -2.56. The zero-order valence-corrected chi connectivity index (χ0v) is 22.6. The van der Waals surface area contributed by atoms with Gasteiger partial charge in [0.05, 0.1) is 18.1 Å². The minimum absolute atomic E-state index is 0.00699. The Balaban J connectivity index is 1.87. The van der Waals surface area contributed by atoms with Gasteiger partial charge < -0.3 is 20.1 Å². The predicted molar refractivity (Wildman–Crippen MR) is 137 cm³/mol. The van der Waals surface area contributed by atoms with Crippen molar-refractivity contribution >= 4 is 27.5 Å². The van der Waals surface area contributed by atoms with E-state index in [9.17, 15) is 18.0 Å². The molecule has 0 saturated heterocycles. The summed E-state index contributed by atoms with van der Waals surface area (Å²) in [5.74, 6) is -0.252. The molecule has 0 fully saturated rings. The fraction of sp³-hybridized carbons (Fsp3) is 0.440. The largest absolute Gasteiger partial charge is 0.444 e. The summed E-state index contributed by atoms with van der Waals surface area (Å²) in [6.07, 6.45) is 1.77. The Labute approximate surface area is 216 Å². The van der Waals surface area contributed by atoms with Crippen molar-refractivity contribution in [2.24, 2.45) is 0 Å². The van der Waals surface area contributed by atoms with Crippen molar-refractivity contribution in [2.75, 3.05) is 12.9 Å². The molecule has 2 aromatic heterocycles. The first-order chi connectivity index (χ1) is 17.2. The first kappa shape index (κ1) is 28.1. The number of rotatable bonds is 9. The summed E-state index contributed by atoms with van der Waals surface area (Å²) >= 11 is 0. The molecular formula is C25H33N5O6S. The number of nitrogens with zero attached hydrogens (tertiary/aromatic N) is 3. The molecule has 37 heavy (non-hydrogen) atoms. The van der Waals surface area contributed by atoms with Crippen LogP contribution in [0.4, 0.5) is 4.79 Å². The zero-order chi connectivity index (χ0) is 27.4. The van der Waals surface area contributed by atoms with Crippen LogP contribution in [0, 0.1) is 0 Å². The van der Waals surface area contributed by atoms with Crippen LogP contribution in [0.25, 0.3) is 5.65 Å². The van der Waals surface area contributed by atoms with E-state index in [1.807, 2.05) is 30.3 Å². The highest BCUT2D eigenvalue weighted by Crippen LogP contribution is 2.19. The average Bonchev–Trinajstić information content (AvgIpc) is 3.20. The van der Waals surface area contributed by atoms with Gasteiger partial charge in [-0.05, 0) is 52.3 Å². The zero-order valence-electron chi connectivity index (χ0n) is 21.8. The van der Waals surface area contributed by atoms with Crippen molar-refractivity contribution in [1.82, 2.24) is 25.2 Å². The molecule has 2 amide bonds. The molecule has 0 aliphatic carbocycles. The number of aromatic nitrogens is 3. The number of sulfone groups is 1. The molecule has 11 nitrogen and oxygen atoms in total. The first-order valence-corrected chi connectivity index (χ1v) is 13.5. The van der Waals surface area contributed by atoms with Gasteiger partial charge in [-0.2, -0.15) is 0 Å². The maximum absolute atomic E-state index is 13.3. The molecule has 0 aliphatic rings. The lowest BCUT2D eigenvalue weighted by molar-refractivity contribution is -0.127. The van der Waals surface area contributed by atoms with Crippen molar-refractivity contribution in [1.29, 1.82) is 0 Å². The van der Waals surface area contributed by atoms with Gasteiger partial charge in [0.1, 0.15) is 17.2 Å². The highest BCUT2D eigenvalue weighted by Gasteiger charge is 2.34. The van der Waals surface area contributed by atoms with Crippen LogP contribution in [0.1, 0.15) is 52.0 Å². The highest BCUT2D eigenvalue weighted by molar-refractivity contribution is 7.90. The molecule has 0 saturated carbocycles. The number of ether oxygens (including phenoxy) is 2. The molecule has 0 radical (unpaired) electrons. The number of benzene rings is 1. The van der Waals surface area contributed by atoms with Crippen LogP contribution in [-0.4, -0.2) is 59.0 Å². The van der Waals surface area contributed by atoms with E-state index in [1.165, 1.54) is 36.6 Å². The average molecular weight is 532 g/mol. The SMILES string of the molecule is CC(C)(C)OC(=O)NC(C)(C)C(=O)N[C@H](COCc1ccccc1)c1nnc2ccc(S(C)(=O)=O)cn12. The standard InChI is InChI=1S/C25H33N5O6S/c1-24(2,3)36-23(32)27-25(4,5)22(31)26-19(16-35-15-17-10-8-7-9-11-17)21-29-28-20-13-12-18(14-30(20)21)37(6,33)34/h7-14,19H,15-16H2,1-6H3,(H,26,31)(H,27,32)/t19-/m1/s1. The summed E-state index contributed by atoms with van der Waals surface area (Å²) in [7, 11) is -3.50. The molecule has 200 valence electrons. The van der Waals surface area contributed by atoms with Gasteiger partial charge in [0.2, 0.25) is 5.91 Å². The van der Waals surface area contributed by atoms with E-state index in [4.69, 9.17) is 9.47 Å². The number of hydrogen-bond donors (Lipinski definition) is 2. The van der Waals surface area contributed by atoms with Crippen LogP contribution < -0.4 is 10.6 Å². The Morgan fingerprint density at radius 2 is 1.70 bits per heavy atom. The van der Waals surface area contributed by atoms with E-state index in [1.54, 1.807) is 20.8 Å². The molecule has 2 heterocycles. The van der Waals surface area contributed by atoms with Gasteiger partial charge >= 0.3 is 6.09 Å². The van der Waals surface area contributed by atoms with Gasteiger partial charge in [-0.1, -0.05) is 30.3 Å². The minimum atomic E-state index is -3.50. The summed E-state index contributed by atoms with van der Waals surface area (Å²) in [6, 6.07) is 11.7. The van der Waals surface area contributed by atoms with E-state index in [2.05, 4.69) is 20.8 Å². The van der Waals surface area contributed by atoms with Crippen molar-refractivity contribution in [3.63, 3.8) is 0 Å². The Kier molecular flexibility index (Phi) is 8.23. The third-order valence-corrected chi connectivity index (χ3v) is 6.32. The van der Waals surface area contributed by atoms with Crippen LogP contribution >= 0.6 is 0 Å². The topological polar surface area (TPSA) is 141 Å². The third kappa shape index (κ3) is 7.73. The Bertz CT molecular complexity index is 1360. The summed E-state index contributed by atoms with van der Waals surface area (Å²) in [5.41, 5.74) is -0.749. The monoisotopic (exact) mass is 531 g/mol. The number of carbonyl (C=O) groups is 2. The van der Waals surface area contributed by atoms with Gasteiger partial charge in [-0.3, -0.25) is 9.20 Å².